The number of hydrogen-bond donors (Lipinski definition) is 3. The van der Waals surface area contributed by atoms with Gasteiger partial charge in [0.1, 0.15) is 11.6 Å². The molecule has 0 fully saturated rings. The zero-order valence-electron chi connectivity index (χ0n) is 15.5. The summed E-state index contributed by atoms with van der Waals surface area (Å²) in [6.45, 7) is 2.88. The van der Waals surface area contributed by atoms with Crippen molar-refractivity contribution in [2.45, 2.75) is 26.2 Å². The van der Waals surface area contributed by atoms with Gasteiger partial charge in [-0.1, -0.05) is 19.8 Å². The van der Waals surface area contributed by atoms with E-state index in [9.17, 15) is 8.78 Å². The standard InChI is InChI=1S/C20H22F2N6/c1-2-3-4-13-23-18-26-19(24-16-9-5-14(21)6-10-16)28-20(27-18)25-17-11-7-15(22)8-12-17/h5-12H,2-4,13H2,1H3,(H3,23,24,25,26,27,28). The number of nitrogens with zero attached hydrogens (tertiary/aromatic N) is 3. The summed E-state index contributed by atoms with van der Waals surface area (Å²) >= 11 is 0. The Morgan fingerprint density at radius 2 is 1.14 bits per heavy atom. The van der Waals surface area contributed by atoms with Gasteiger partial charge >= 0.3 is 0 Å². The molecule has 0 unspecified atom stereocenters. The Morgan fingerprint density at radius 1 is 0.679 bits per heavy atom. The molecular weight excluding hydrogens is 362 g/mol. The number of nitrogens with one attached hydrogen (secondary N) is 3. The van der Waals surface area contributed by atoms with Gasteiger partial charge in [0.2, 0.25) is 17.8 Å². The quantitative estimate of drug-likeness (QED) is 0.438. The molecule has 0 bridgehead atoms. The van der Waals surface area contributed by atoms with Crippen molar-refractivity contribution in [3.8, 4) is 0 Å². The summed E-state index contributed by atoms with van der Waals surface area (Å²) in [5.41, 5.74) is 1.30. The third kappa shape index (κ3) is 5.87. The Labute approximate surface area is 162 Å². The average Bonchev–Trinajstić information content (AvgIpc) is 2.69. The van der Waals surface area contributed by atoms with Gasteiger partial charge in [-0.2, -0.15) is 15.0 Å². The maximum Gasteiger partial charge on any atom is 0.233 e. The minimum absolute atomic E-state index is 0.309. The summed E-state index contributed by atoms with van der Waals surface area (Å²) in [7, 11) is 0. The number of rotatable bonds is 9. The molecule has 0 spiro atoms. The molecule has 146 valence electrons. The molecule has 8 heteroatoms. The van der Waals surface area contributed by atoms with E-state index in [4.69, 9.17) is 0 Å². The van der Waals surface area contributed by atoms with Gasteiger partial charge in [-0.3, -0.25) is 0 Å². The summed E-state index contributed by atoms with van der Waals surface area (Å²) in [6, 6.07) is 11.8. The van der Waals surface area contributed by atoms with E-state index in [0.717, 1.165) is 25.8 Å². The largest absolute Gasteiger partial charge is 0.354 e. The van der Waals surface area contributed by atoms with Crippen molar-refractivity contribution in [3.05, 3.63) is 60.2 Å². The normalized spacial score (nSPS) is 10.5. The molecule has 2 aromatic carbocycles. The minimum Gasteiger partial charge on any atom is -0.354 e. The lowest BCUT2D eigenvalue weighted by Crippen LogP contribution is -2.10. The van der Waals surface area contributed by atoms with Crippen LogP contribution in [0.4, 0.5) is 38.0 Å². The maximum absolute atomic E-state index is 13.1. The van der Waals surface area contributed by atoms with Gasteiger partial charge in [0, 0.05) is 17.9 Å². The highest BCUT2D eigenvalue weighted by molar-refractivity contribution is 5.59. The number of unbranched alkanes of at least 4 members (excludes halogenated alkanes) is 2. The molecule has 0 aliphatic carbocycles. The Balaban J connectivity index is 1.80. The Morgan fingerprint density at radius 3 is 1.61 bits per heavy atom. The average molecular weight is 384 g/mol. The van der Waals surface area contributed by atoms with Crippen LogP contribution in [0.2, 0.25) is 0 Å². The minimum atomic E-state index is -0.321. The van der Waals surface area contributed by atoms with Crippen LogP contribution < -0.4 is 16.0 Å². The van der Waals surface area contributed by atoms with Crippen LogP contribution in [-0.2, 0) is 0 Å². The lowest BCUT2D eigenvalue weighted by atomic mass is 10.2. The second-order valence-corrected chi connectivity index (χ2v) is 6.20. The number of benzene rings is 2. The van der Waals surface area contributed by atoms with E-state index in [1.165, 1.54) is 24.3 Å². The molecule has 0 saturated heterocycles. The van der Waals surface area contributed by atoms with Crippen molar-refractivity contribution in [2.24, 2.45) is 0 Å². The zero-order chi connectivity index (χ0) is 19.8. The zero-order valence-corrected chi connectivity index (χ0v) is 15.5. The fraction of sp³-hybridized carbons (Fsp3) is 0.250. The van der Waals surface area contributed by atoms with E-state index >= 15 is 0 Å². The molecule has 1 heterocycles. The molecule has 0 radical (unpaired) electrons. The lowest BCUT2D eigenvalue weighted by molar-refractivity contribution is 0.627. The summed E-state index contributed by atoms with van der Waals surface area (Å²) in [6.07, 6.45) is 3.23. The molecule has 3 aromatic rings. The molecule has 0 amide bonds. The van der Waals surface area contributed by atoms with Crippen LogP contribution >= 0.6 is 0 Å². The van der Waals surface area contributed by atoms with Gasteiger partial charge in [0.25, 0.3) is 0 Å². The maximum atomic E-state index is 13.1. The van der Waals surface area contributed by atoms with Crippen molar-refractivity contribution in [2.75, 3.05) is 22.5 Å². The second-order valence-electron chi connectivity index (χ2n) is 6.20. The van der Waals surface area contributed by atoms with Crippen LogP contribution in [0.5, 0.6) is 0 Å². The van der Waals surface area contributed by atoms with Crippen LogP contribution in [0.15, 0.2) is 48.5 Å². The predicted octanol–water partition coefficient (Wildman–Crippen LogP) is 5.24. The molecule has 0 aliphatic heterocycles. The fourth-order valence-corrected chi connectivity index (χ4v) is 2.47. The second kappa shape index (κ2) is 9.59. The first-order valence-corrected chi connectivity index (χ1v) is 9.17. The van der Waals surface area contributed by atoms with Crippen LogP contribution in [0.3, 0.4) is 0 Å². The van der Waals surface area contributed by atoms with Crippen LogP contribution in [-0.4, -0.2) is 21.5 Å². The molecule has 6 nitrogen and oxygen atoms in total. The van der Waals surface area contributed by atoms with E-state index in [1.807, 2.05) is 0 Å². The Kier molecular flexibility index (Phi) is 6.67. The molecule has 0 atom stereocenters. The van der Waals surface area contributed by atoms with E-state index < -0.39 is 0 Å². The first kappa shape index (κ1) is 19.5. The number of hydrogen-bond acceptors (Lipinski definition) is 6. The van der Waals surface area contributed by atoms with E-state index in [1.54, 1.807) is 24.3 Å². The fourth-order valence-electron chi connectivity index (χ4n) is 2.47. The highest BCUT2D eigenvalue weighted by Gasteiger charge is 2.08. The van der Waals surface area contributed by atoms with Crippen molar-refractivity contribution >= 4 is 29.2 Å². The molecule has 3 rings (SSSR count). The van der Waals surface area contributed by atoms with Crippen molar-refractivity contribution < 1.29 is 8.78 Å². The number of halogens is 2. The monoisotopic (exact) mass is 384 g/mol. The molecule has 1 aromatic heterocycles. The van der Waals surface area contributed by atoms with Gasteiger partial charge in [-0.15, -0.1) is 0 Å². The number of anilines is 5. The summed E-state index contributed by atoms with van der Waals surface area (Å²) < 4.78 is 26.2. The topological polar surface area (TPSA) is 74.8 Å². The first-order valence-electron chi connectivity index (χ1n) is 9.17. The molecule has 0 saturated carbocycles. The van der Waals surface area contributed by atoms with E-state index in [2.05, 4.69) is 37.8 Å². The first-order chi connectivity index (χ1) is 13.6. The van der Waals surface area contributed by atoms with Gasteiger partial charge in [0.05, 0.1) is 0 Å². The van der Waals surface area contributed by atoms with E-state index in [0.29, 0.717) is 29.2 Å². The van der Waals surface area contributed by atoms with Gasteiger partial charge in [-0.25, -0.2) is 8.78 Å². The summed E-state index contributed by atoms with van der Waals surface area (Å²) in [5, 5.41) is 9.27. The van der Waals surface area contributed by atoms with Gasteiger partial charge in [0.15, 0.2) is 0 Å². The molecule has 0 aliphatic rings. The van der Waals surface area contributed by atoms with Gasteiger partial charge in [-0.05, 0) is 55.0 Å². The third-order valence-electron chi connectivity index (χ3n) is 3.90. The van der Waals surface area contributed by atoms with Crippen molar-refractivity contribution in [1.82, 2.24) is 15.0 Å². The Bertz CT molecular complexity index is 818. The summed E-state index contributed by atoms with van der Waals surface area (Å²) in [4.78, 5) is 13.1. The van der Waals surface area contributed by atoms with Crippen LogP contribution in [0.1, 0.15) is 26.2 Å². The van der Waals surface area contributed by atoms with Crippen LogP contribution in [0.25, 0.3) is 0 Å². The molecule has 28 heavy (non-hydrogen) atoms. The molecular formula is C20H22F2N6. The lowest BCUT2D eigenvalue weighted by Gasteiger charge is -2.11. The smallest absolute Gasteiger partial charge is 0.233 e. The van der Waals surface area contributed by atoms with Gasteiger partial charge < -0.3 is 16.0 Å². The third-order valence-corrected chi connectivity index (χ3v) is 3.90. The van der Waals surface area contributed by atoms with Crippen molar-refractivity contribution in [3.63, 3.8) is 0 Å². The SMILES string of the molecule is CCCCCNc1nc(Nc2ccc(F)cc2)nc(Nc2ccc(F)cc2)n1. The summed E-state index contributed by atoms with van der Waals surface area (Å²) in [5.74, 6) is 0.394. The molecule has 3 N–H and O–H groups in total. The number of aromatic nitrogens is 3. The van der Waals surface area contributed by atoms with E-state index in [-0.39, 0.29) is 11.6 Å². The Hall–Kier alpha value is -3.29. The highest BCUT2D eigenvalue weighted by atomic mass is 19.1. The predicted molar refractivity (Wildman–Crippen MR) is 107 cm³/mol. The van der Waals surface area contributed by atoms with Crippen LogP contribution in [0, 0.1) is 11.6 Å². The highest BCUT2D eigenvalue weighted by Crippen LogP contribution is 2.19. The van der Waals surface area contributed by atoms with Crippen molar-refractivity contribution in [1.29, 1.82) is 0 Å².